The minimum atomic E-state index is -3.78. The maximum Gasteiger partial charge on any atom is 0.241 e. The fourth-order valence-corrected chi connectivity index (χ4v) is 4.18. The van der Waals surface area contributed by atoms with E-state index in [1.54, 1.807) is 61.5 Å². The van der Waals surface area contributed by atoms with Crippen LogP contribution < -0.4 is 14.2 Å². The molecule has 0 spiro atoms. The van der Waals surface area contributed by atoms with Crippen molar-refractivity contribution in [3.05, 3.63) is 81.8 Å². The molecule has 3 aromatic rings. The minimum Gasteiger partial charge on any atom is -0.492 e. The van der Waals surface area contributed by atoms with Crippen LogP contribution in [0.25, 0.3) is 0 Å². The lowest BCUT2D eigenvalue weighted by molar-refractivity contribution is 0.287. The summed E-state index contributed by atoms with van der Waals surface area (Å²) in [4.78, 5) is 0.0680. The summed E-state index contributed by atoms with van der Waals surface area (Å²) in [5.74, 6) is 1.39. The first-order valence-corrected chi connectivity index (χ1v) is 11.5. The number of benzene rings is 3. The molecule has 0 saturated heterocycles. The van der Waals surface area contributed by atoms with E-state index in [1.807, 2.05) is 0 Å². The Bertz CT molecular complexity index is 1120. The van der Waals surface area contributed by atoms with Crippen molar-refractivity contribution in [3.8, 4) is 17.2 Å². The van der Waals surface area contributed by atoms with Crippen LogP contribution in [-0.4, -0.2) is 21.1 Å². The van der Waals surface area contributed by atoms with Gasteiger partial charge in [-0.2, -0.15) is 0 Å². The fraction of sp³-hybridized carbons (Fsp3) is 0.143. The lowest BCUT2D eigenvalue weighted by atomic mass is 10.3. The van der Waals surface area contributed by atoms with Gasteiger partial charge >= 0.3 is 0 Å². The summed E-state index contributed by atoms with van der Waals surface area (Å²) in [5.41, 5.74) is 0. The van der Waals surface area contributed by atoms with Crippen molar-refractivity contribution in [1.29, 1.82) is 0 Å². The zero-order valence-corrected chi connectivity index (χ0v) is 18.9. The van der Waals surface area contributed by atoms with E-state index in [-0.39, 0.29) is 11.5 Å². The number of hydrogen-bond donors (Lipinski definition) is 1. The molecular weight excluding hydrogens is 469 g/mol. The number of ether oxygens (including phenoxy) is 2. The van der Waals surface area contributed by atoms with Gasteiger partial charge in [0.05, 0.1) is 21.0 Å². The van der Waals surface area contributed by atoms with E-state index >= 15 is 0 Å². The third-order valence-electron chi connectivity index (χ3n) is 3.91. The third-order valence-corrected chi connectivity index (χ3v) is 6.49. The molecule has 0 heterocycles. The van der Waals surface area contributed by atoms with Crippen molar-refractivity contribution in [1.82, 2.24) is 4.72 Å². The van der Waals surface area contributed by atoms with Gasteiger partial charge in [-0.05, 0) is 55.5 Å². The molecule has 3 aromatic carbocycles. The van der Waals surface area contributed by atoms with E-state index in [2.05, 4.69) is 4.72 Å². The first-order valence-electron chi connectivity index (χ1n) is 8.86. The van der Waals surface area contributed by atoms with Crippen LogP contribution in [0.4, 0.5) is 0 Å². The molecule has 158 valence electrons. The molecule has 9 heteroatoms. The lowest BCUT2D eigenvalue weighted by Crippen LogP contribution is -2.36. The van der Waals surface area contributed by atoms with Crippen LogP contribution in [0.3, 0.4) is 0 Å². The Kier molecular flexibility index (Phi) is 7.50. The third kappa shape index (κ3) is 6.27. The second-order valence-electron chi connectivity index (χ2n) is 6.44. The normalized spacial score (nSPS) is 12.4. The van der Waals surface area contributed by atoms with E-state index in [0.717, 1.165) is 0 Å². The van der Waals surface area contributed by atoms with Crippen molar-refractivity contribution in [2.75, 3.05) is 6.61 Å². The van der Waals surface area contributed by atoms with Gasteiger partial charge in [0.15, 0.2) is 0 Å². The van der Waals surface area contributed by atoms with Gasteiger partial charge in [0.25, 0.3) is 0 Å². The maximum absolute atomic E-state index is 12.7. The fourth-order valence-electron chi connectivity index (χ4n) is 2.50. The Morgan fingerprint density at radius 1 is 0.867 bits per heavy atom. The number of halogens is 3. The van der Waals surface area contributed by atoms with Crippen LogP contribution in [0.1, 0.15) is 6.92 Å². The van der Waals surface area contributed by atoms with E-state index in [1.165, 1.54) is 12.1 Å². The molecule has 0 aliphatic carbocycles. The van der Waals surface area contributed by atoms with Crippen LogP contribution in [0.5, 0.6) is 17.2 Å². The summed E-state index contributed by atoms with van der Waals surface area (Å²) in [5, 5.41) is 1.34. The predicted molar refractivity (Wildman–Crippen MR) is 120 cm³/mol. The molecule has 0 aliphatic rings. The Morgan fingerprint density at radius 2 is 1.53 bits per heavy atom. The SMILES string of the molecule is C[C@@H](COc1ccc(Cl)cc1)NS(=O)(=O)c1cccc(Oc2ccc(Cl)c(Cl)c2)c1. The van der Waals surface area contributed by atoms with Crippen molar-refractivity contribution in [3.63, 3.8) is 0 Å². The van der Waals surface area contributed by atoms with Crippen LogP contribution >= 0.6 is 34.8 Å². The molecule has 0 bridgehead atoms. The van der Waals surface area contributed by atoms with Crippen molar-refractivity contribution < 1.29 is 17.9 Å². The van der Waals surface area contributed by atoms with E-state index in [4.69, 9.17) is 44.3 Å². The molecule has 0 aliphatic heterocycles. The molecule has 5 nitrogen and oxygen atoms in total. The standard InChI is InChI=1S/C21H18Cl3NO4S/c1-14(13-28-16-7-5-15(22)6-8-16)25-30(26,27)19-4-2-3-17(11-19)29-18-9-10-20(23)21(24)12-18/h2-12,14,25H,13H2,1H3/t14-/m0/s1. The molecule has 0 amide bonds. The maximum atomic E-state index is 12.7. The molecule has 0 fully saturated rings. The highest BCUT2D eigenvalue weighted by Crippen LogP contribution is 2.30. The Balaban J connectivity index is 1.65. The predicted octanol–water partition coefficient (Wildman–Crippen LogP) is 6.18. The summed E-state index contributed by atoms with van der Waals surface area (Å²) in [6.45, 7) is 1.86. The quantitative estimate of drug-likeness (QED) is 0.412. The summed E-state index contributed by atoms with van der Waals surface area (Å²) in [6.07, 6.45) is 0. The Hall–Kier alpha value is -1.96. The van der Waals surface area contributed by atoms with E-state index in [9.17, 15) is 8.42 Å². The van der Waals surface area contributed by atoms with Gasteiger partial charge in [-0.15, -0.1) is 0 Å². The zero-order chi connectivity index (χ0) is 21.7. The average Bonchev–Trinajstić information content (AvgIpc) is 2.70. The highest BCUT2D eigenvalue weighted by Gasteiger charge is 2.18. The van der Waals surface area contributed by atoms with Gasteiger partial charge in [-0.1, -0.05) is 40.9 Å². The monoisotopic (exact) mass is 485 g/mol. The second kappa shape index (κ2) is 9.90. The lowest BCUT2D eigenvalue weighted by Gasteiger charge is -2.16. The van der Waals surface area contributed by atoms with Gasteiger partial charge in [0, 0.05) is 17.2 Å². The summed E-state index contributed by atoms with van der Waals surface area (Å²) in [7, 11) is -3.78. The molecule has 0 saturated carbocycles. The molecule has 0 aromatic heterocycles. The molecule has 0 unspecified atom stereocenters. The van der Waals surface area contributed by atoms with Gasteiger partial charge in [-0.25, -0.2) is 13.1 Å². The Labute approximate surface area is 190 Å². The average molecular weight is 487 g/mol. The van der Waals surface area contributed by atoms with Gasteiger partial charge < -0.3 is 9.47 Å². The van der Waals surface area contributed by atoms with Crippen LogP contribution in [0, 0.1) is 0 Å². The molecule has 1 atom stereocenters. The van der Waals surface area contributed by atoms with Crippen LogP contribution in [0.2, 0.25) is 15.1 Å². The summed E-state index contributed by atoms with van der Waals surface area (Å²) < 4.78 is 39.3. The molecule has 30 heavy (non-hydrogen) atoms. The molecule has 3 rings (SSSR count). The highest BCUT2D eigenvalue weighted by atomic mass is 35.5. The van der Waals surface area contributed by atoms with Gasteiger partial charge in [0.1, 0.15) is 23.9 Å². The van der Waals surface area contributed by atoms with Crippen molar-refractivity contribution >= 4 is 44.8 Å². The second-order valence-corrected chi connectivity index (χ2v) is 9.40. The number of sulfonamides is 1. The van der Waals surface area contributed by atoms with E-state index < -0.39 is 16.1 Å². The Morgan fingerprint density at radius 3 is 2.23 bits per heavy atom. The van der Waals surface area contributed by atoms with Gasteiger partial charge in [0.2, 0.25) is 10.0 Å². The first-order chi connectivity index (χ1) is 14.2. The largest absolute Gasteiger partial charge is 0.492 e. The number of hydrogen-bond acceptors (Lipinski definition) is 4. The summed E-state index contributed by atoms with van der Waals surface area (Å²) in [6, 6.07) is 17.3. The molecule has 1 N–H and O–H groups in total. The highest BCUT2D eigenvalue weighted by molar-refractivity contribution is 7.89. The van der Waals surface area contributed by atoms with Gasteiger partial charge in [-0.3, -0.25) is 0 Å². The molecule has 0 radical (unpaired) electrons. The minimum absolute atomic E-state index is 0.0680. The molecular formula is C21H18Cl3NO4S. The van der Waals surface area contributed by atoms with Crippen LogP contribution in [0.15, 0.2) is 71.6 Å². The number of nitrogens with one attached hydrogen (secondary N) is 1. The van der Waals surface area contributed by atoms with Crippen molar-refractivity contribution in [2.24, 2.45) is 0 Å². The summed E-state index contributed by atoms with van der Waals surface area (Å²) >= 11 is 17.7. The van der Waals surface area contributed by atoms with Crippen LogP contribution in [-0.2, 0) is 10.0 Å². The smallest absolute Gasteiger partial charge is 0.241 e. The number of rotatable bonds is 8. The first kappa shape index (κ1) is 22.7. The zero-order valence-electron chi connectivity index (χ0n) is 15.8. The topological polar surface area (TPSA) is 64.6 Å². The van der Waals surface area contributed by atoms with Crippen molar-refractivity contribution in [2.45, 2.75) is 17.9 Å². The van der Waals surface area contributed by atoms with E-state index in [0.29, 0.717) is 32.3 Å².